The van der Waals surface area contributed by atoms with Crippen LogP contribution >= 0.6 is 11.6 Å². The maximum atomic E-state index is 13.2. The first-order valence-electron chi connectivity index (χ1n) is 9.15. The Bertz CT molecular complexity index is 1000. The molecule has 0 saturated heterocycles. The monoisotopic (exact) mass is 414 g/mol. The Kier molecular flexibility index (Phi) is 6.25. The molecule has 0 aliphatic carbocycles. The highest BCUT2D eigenvalue weighted by molar-refractivity contribution is 6.37. The van der Waals surface area contributed by atoms with E-state index in [1.807, 2.05) is 32.0 Å². The lowest BCUT2D eigenvalue weighted by Gasteiger charge is -2.15. The number of halogens is 1. The van der Waals surface area contributed by atoms with Crippen molar-refractivity contribution in [3.05, 3.63) is 63.8 Å². The van der Waals surface area contributed by atoms with Crippen molar-refractivity contribution in [2.75, 3.05) is 32.7 Å². The van der Waals surface area contributed by atoms with Gasteiger partial charge in [-0.25, -0.2) is 0 Å². The Balaban J connectivity index is 2.13. The van der Waals surface area contributed by atoms with Crippen molar-refractivity contribution in [2.45, 2.75) is 13.8 Å². The van der Waals surface area contributed by atoms with Gasteiger partial charge in [0, 0.05) is 12.1 Å². The highest BCUT2D eigenvalue weighted by Crippen LogP contribution is 2.35. The predicted molar refractivity (Wildman–Crippen MR) is 113 cm³/mol. The van der Waals surface area contributed by atoms with Crippen LogP contribution in [-0.4, -0.2) is 44.1 Å². The summed E-state index contributed by atoms with van der Waals surface area (Å²) in [6.45, 7) is 4.32. The molecule has 7 heteroatoms. The second-order valence-electron chi connectivity index (χ2n) is 6.79. The van der Waals surface area contributed by atoms with Crippen LogP contribution in [0, 0.1) is 13.8 Å². The molecule has 1 N–H and O–H groups in total. The van der Waals surface area contributed by atoms with E-state index in [4.69, 9.17) is 21.1 Å². The number of nitrogens with zero attached hydrogens (tertiary/aromatic N) is 1. The number of carbonyl (C=O) groups is 2. The summed E-state index contributed by atoms with van der Waals surface area (Å²) in [4.78, 5) is 27.5. The fraction of sp³-hybridized carbons (Fsp3) is 0.273. The van der Waals surface area contributed by atoms with Crippen molar-refractivity contribution in [2.24, 2.45) is 0 Å². The smallest absolute Gasteiger partial charge is 0.278 e. The lowest BCUT2D eigenvalue weighted by Crippen LogP contribution is -2.35. The van der Waals surface area contributed by atoms with Crippen molar-refractivity contribution in [3.8, 4) is 5.75 Å². The molecule has 0 aromatic heterocycles. The predicted octanol–water partition coefficient (Wildman–Crippen LogP) is 3.80. The number of hydrogen-bond acceptors (Lipinski definition) is 5. The molecule has 0 bridgehead atoms. The zero-order chi connectivity index (χ0) is 21.1. The van der Waals surface area contributed by atoms with Crippen molar-refractivity contribution < 1.29 is 19.1 Å². The van der Waals surface area contributed by atoms with E-state index in [0.717, 1.165) is 11.1 Å². The van der Waals surface area contributed by atoms with E-state index in [9.17, 15) is 9.59 Å². The molecule has 0 unspecified atom stereocenters. The van der Waals surface area contributed by atoms with Crippen molar-refractivity contribution in [1.82, 2.24) is 4.90 Å². The van der Waals surface area contributed by atoms with Crippen LogP contribution in [0.5, 0.6) is 5.75 Å². The van der Waals surface area contributed by atoms with Gasteiger partial charge in [0.05, 0.1) is 31.5 Å². The number of imide groups is 1. The minimum Gasteiger partial charge on any atom is -0.495 e. The van der Waals surface area contributed by atoms with Gasteiger partial charge in [0.2, 0.25) is 0 Å². The van der Waals surface area contributed by atoms with Gasteiger partial charge < -0.3 is 14.8 Å². The molecule has 1 aliphatic heterocycles. The zero-order valence-electron chi connectivity index (χ0n) is 16.8. The SMILES string of the molecule is COCCN1C(=O)C(Nc2cc(Cl)ccc2OC)=C(c2ccc(C)cc2C)C1=O. The van der Waals surface area contributed by atoms with Crippen molar-refractivity contribution >= 4 is 34.7 Å². The maximum absolute atomic E-state index is 13.2. The van der Waals surface area contributed by atoms with Crippen LogP contribution < -0.4 is 10.1 Å². The summed E-state index contributed by atoms with van der Waals surface area (Å²) >= 11 is 6.13. The Morgan fingerprint density at radius 1 is 1.03 bits per heavy atom. The van der Waals surface area contributed by atoms with Crippen LogP contribution in [0.4, 0.5) is 5.69 Å². The van der Waals surface area contributed by atoms with Crippen molar-refractivity contribution in [3.63, 3.8) is 0 Å². The average molecular weight is 415 g/mol. The van der Waals surface area contributed by atoms with E-state index < -0.39 is 5.91 Å². The van der Waals surface area contributed by atoms with Gasteiger partial charge in [-0.15, -0.1) is 0 Å². The van der Waals surface area contributed by atoms with Crippen LogP contribution in [0.2, 0.25) is 5.02 Å². The second kappa shape index (κ2) is 8.68. The largest absolute Gasteiger partial charge is 0.495 e. The van der Waals surface area contributed by atoms with E-state index in [0.29, 0.717) is 27.6 Å². The van der Waals surface area contributed by atoms with Gasteiger partial charge in [-0.3, -0.25) is 14.5 Å². The molecule has 2 aromatic rings. The van der Waals surface area contributed by atoms with Crippen LogP contribution in [0.1, 0.15) is 16.7 Å². The van der Waals surface area contributed by atoms with E-state index in [2.05, 4.69) is 5.32 Å². The standard InChI is InChI=1S/C22H23ClN2O4/c1-13-5-7-16(14(2)11-13)19-20(22(27)25(21(19)26)9-10-28-3)24-17-12-15(23)6-8-18(17)29-4/h5-8,11-12,24H,9-10H2,1-4H3. The topological polar surface area (TPSA) is 67.9 Å². The lowest BCUT2D eigenvalue weighted by atomic mass is 9.97. The van der Waals surface area contributed by atoms with Crippen LogP contribution in [0.15, 0.2) is 42.1 Å². The Labute approximate surface area is 175 Å². The van der Waals surface area contributed by atoms with Gasteiger partial charge in [0.25, 0.3) is 11.8 Å². The average Bonchev–Trinajstić information content (AvgIpc) is 2.90. The van der Waals surface area contributed by atoms with Crippen LogP contribution in [0.3, 0.4) is 0 Å². The second-order valence-corrected chi connectivity index (χ2v) is 7.23. The normalized spacial score (nSPS) is 14.0. The number of aryl methyl sites for hydroxylation is 2. The Morgan fingerprint density at radius 2 is 1.79 bits per heavy atom. The molecule has 0 spiro atoms. The maximum Gasteiger partial charge on any atom is 0.278 e. The minimum absolute atomic E-state index is 0.167. The van der Waals surface area contributed by atoms with Gasteiger partial charge in [-0.2, -0.15) is 0 Å². The summed E-state index contributed by atoms with van der Waals surface area (Å²) < 4.78 is 10.4. The quantitative estimate of drug-likeness (QED) is 0.698. The molecule has 0 radical (unpaired) electrons. The number of anilines is 1. The highest BCUT2D eigenvalue weighted by atomic mass is 35.5. The summed E-state index contributed by atoms with van der Waals surface area (Å²) in [5, 5.41) is 3.58. The third-order valence-electron chi connectivity index (χ3n) is 4.76. The van der Waals surface area contributed by atoms with E-state index in [1.165, 1.54) is 19.1 Å². The third kappa shape index (κ3) is 4.13. The number of rotatable bonds is 7. The molecular formula is C22H23ClN2O4. The number of nitrogens with one attached hydrogen (secondary N) is 1. The highest BCUT2D eigenvalue weighted by Gasteiger charge is 2.39. The Hall–Kier alpha value is -2.83. The molecule has 3 rings (SSSR count). The summed E-state index contributed by atoms with van der Waals surface area (Å²) in [6.07, 6.45) is 0. The van der Waals surface area contributed by atoms with E-state index >= 15 is 0 Å². The molecule has 2 aromatic carbocycles. The third-order valence-corrected chi connectivity index (χ3v) is 4.99. The minimum atomic E-state index is -0.413. The van der Waals surface area contributed by atoms with Gasteiger partial charge in [0.15, 0.2) is 0 Å². The summed E-state index contributed by atoms with van der Waals surface area (Å²) in [5.41, 5.74) is 3.71. The number of methoxy groups -OCH3 is 2. The molecular weight excluding hydrogens is 392 g/mol. The molecule has 1 aliphatic rings. The molecule has 0 saturated carbocycles. The van der Waals surface area contributed by atoms with Gasteiger partial charge >= 0.3 is 0 Å². The fourth-order valence-electron chi connectivity index (χ4n) is 3.33. The summed E-state index contributed by atoms with van der Waals surface area (Å²) in [6, 6.07) is 10.8. The molecule has 152 valence electrons. The summed E-state index contributed by atoms with van der Waals surface area (Å²) in [5.74, 6) is -0.260. The molecule has 6 nitrogen and oxygen atoms in total. The number of ether oxygens (including phenoxy) is 2. The molecule has 1 heterocycles. The first kappa shape index (κ1) is 20.9. The van der Waals surface area contributed by atoms with Crippen molar-refractivity contribution in [1.29, 1.82) is 0 Å². The number of amides is 2. The first-order valence-corrected chi connectivity index (χ1v) is 9.52. The van der Waals surface area contributed by atoms with Gasteiger partial charge in [-0.05, 0) is 43.2 Å². The van der Waals surface area contributed by atoms with E-state index in [-0.39, 0.29) is 24.8 Å². The van der Waals surface area contributed by atoms with Crippen LogP contribution in [-0.2, 0) is 14.3 Å². The van der Waals surface area contributed by atoms with Gasteiger partial charge in [0.1, 0.15) is 11.4 Å². The number of hydrogen-bond donors (Lipinski definition) is 1. The van der Waals surface area contributed by atoms with Gasteiger partial charge in [-0.1, -0.05) is 35.4 Å². The van der Waals surface area contributed by atoms with Crippen LogP contribution in [0.25, 0.3) is 5.57 Å². The van der Waals surface area contributed by atoms with E-state index in [1.54, 1.807) is 18.2 Å². The Morgan fingerprint density at radius 3 is 2.45 bits per heavy atom. The zero-order valence-corrected chi connectivity index (χ0v) is 17.6. The molecule has 0 fully saturated rings. The first-order chi connectivity index (χ1) is 13.9. The molecule has 2 amide bonds. The number of carbonyl (C=O) groups excluding carboxylic acids is 2. The fourth-order valence-corrected chi connectivity index (χ4v) is 3.51. The molecule has 0 atom stereocenters. The lowest BCUT2D eigenvalue weighted by molar-refractivity contribution is -0.137. The summed E-state index contributed by atoms with van der Waals surface area (Å²) in [7, 11) is 3.06. The molecule has 29 heavy (non-hydrogen) atoms. The number of benzene rings is 2.